The fourth-order valence-electron chi connectivity index (χ4n) is 2.70. The predicted octanol–water partition coefficient (Wildman–Crippen LogP) is 1.61. The molecule has 0 spiro atoms. The number of aryl methyl sites for hydroxylation is 1. The van der Waals surface area contributed by atoms with Crippen molar-refractivity contribution >= 4 is 5.97 Å². The lowest BCUT2D eigenvalue weighted by molar-refractivity contribution is -0.145. The Morgan fingerprint density at radius 1 is 1.53 bits per heavy atom. The molecule has 1 aromatic rings. The van der Waals surface area contributed by atoms with E-state index in [1.54, 1.807) is 12.4 Å². The number of hydrogen-bond donors (Lipinski definition) is 2. The van der Waals surface area contributed by atoms with Crippen molar-refractivity contribution in [3.05, 3.63) is 29.6 Å². The smallest absolute Gasteiger partial charge is 0.314 e. The van der Waals surface area contributed by atoms with Crippen molar-refractivity contribution in [2.45, 2.75) is 44.1 Å². The van der Waals surface area contributed by atoms with Gasteiger partial charge in [-0.15, -0.1) is 0 Å². The number of carboxylic acid groups (broad SMARTS) is 1. The molecule has 3 N–H and O–H groups in total. The topological polar surface area (TPSA) is 76.2 Å². The first-order valence-corrected chi connectivity index (χ1v) is 5.96. The average Bonchev–Trinajstić information content (AvgIpc) is 2.31. The number of aliphatic carboxylic acids is 1. The van der Waals surface area contributed by atoms with E-state index in [2.05, 4.69) is 4.98 Å². The van der Waals surface area contributed by atoms with Crippen molar-refractivity contribution in [2.24, 2.45) is 5.73 Å². The van der Waals surface area contributed by atoms with Gasteiger partial charge in [-0.05, 0) is 49.8 Å². The van der Waals surface area contributed by atoms with Gasteiger partial charge in [0.2, 0.25) is 0 Å². The van der Waals surface area contributed by atoms with Gasteiger partial charge in [-0.2, -0.15) is 0 Å². The zero-order valence-electron chi connectivity index (χ0n) is 10.0. The maximum absolute atomic E-state index is 11.7. The molecule has 2 rings (SSSR count). The molecule has 1 heterocycles. The third kappa shape index (κ3) is 2.05. The zero-order chi connectivity index (χ0) is 12.5. The first kappa shape index (κ1) is 12.0. The molecule has 1 saturated carbocycles. The van der Waals surface area contributed by atoms with Crippen LogP contribution in [0, 0.1) is 6.92 Å². The van der Waals surface area contributed by atoms with Crippen LogP contribution in [0.15, 0.2) is 18.5 Å². The highest BCUT2D eigenvalue weighted by Crippen LogP contribution is 2.40. The summed E-state index contributed by atoms with van der Waals surface area (Å²) in [5.41, 5.74) is 6.92. The van der Waals surface area contributed by atoms with Gasteiger partial charge in [0.05, 0.1) is 5.41 Å². The largest absolute Gasteiger partial charge is 0.481 e. The number of aromatic nitrogens is 1. The van der Waals surface area contributed by atoms with Crippen LogP contribution in [-0.2, 0) is 10.2 Å². The lowest BCUT2D eigenvalue weighted by atomic mass is 9.67. The summed E-state index contributed by atoms with van der Waals surface area (Å²) in [7, 11) is 0. The molecule has 1 fully saturated rings. The SMILES string of the molecule is Cc1ccncc1C1(C(=O)O)CCC(N)CC1. The van der Waals surface area contributed by atoms with E-state index in [0.29, 0.717) is 12.8 Å². The highest BCUT2D eigenvalue weighted by atomic mass is 16.4. The van der Waals surface area contributed by atoms with E-state index in [-0.39, 0.29) is 6.04 Å². The molecule has 0 bridgehead atoms. The van der Waals surface area contributed by atoms with Crippen molar-refractivity contribution in [3.8, 4) is 0 Å². The zero-order valence-corrected chi connectivity index (χ0v) is 10.0. The van der Waals surface area contributed by atoms with Crippen LogP contribution in [0.5, 0.6) is 0 Å². The highest BCUT2D eigenvalue weighted by molar-refractivity contribution is 5.82. The van der Waals surface area contributed by atoms with E-state index in [0.717, 1.165) is 24.0 Å². The van der Waals surface area contributed by atoms with E-state index in [4.69, 9.17) is 5.73 Å². The third-order valence-corrected chi connectivity index (χ3v) is 3.85. The summed E-state index contributed by atoms with van der Waals surface area (Å²) in [6.45, 7) is 1.94. The standard InChI is InChI=1S/C13H18N2O2/c1-9-4-7-15-8-11(9)13(12(16)17)5-2-10(14)3-6-13/h4,7-8,10H,2-3,5-6,14H2,1H3,(H,16,17). The second-order valence-electron chi connectivity index (χ2n) is 4.92. The minimum absolute atomic E-state index is 0.138. The lowest BCUT2D eigenvalue weighted by Gasteiger charge is -2.36. The number of nitrogens with two attached hydrogens (primary N) is 1. The van der Waals surface area contributed by atoms with E-state index >= 15 is 0 Å². The Morgan fingerprint density at radius 2 is 2.18 bits per heavy atom. The molecule has 92 valence electrons. The molecule has 17 heavy (non-hydrogen) atoms. The molecular weight excluding hydrogens is 216 g/mol. The summed E-state index contributed by atoms with van der Waals surface area (Å²) in [4.78, 5) is 15.7. The van der Waals surface area contributed by atoms with Gasteiger partial charge in [-0.1, -0.05) is 0 Å². The maximum atomic E-state index is 11.7. The van der Waals surface area contributed by atoms with Crippen LogP contribution in [0.2, 0.25) is 0 Å². The summed E-state index contributed by atoms with van der Waals surface area (Å²) in [6.07, 6.45) is 6.14. The molecule has 1 aromatic heterocycles. The Morgan fingerprint density at radius 3 is 2.71 bits per heavy atom. The molecule has 0 amide bonds. The maximum Gasteiger partial charge on any atom is 0.314 e. The summed E-state index contributed by atoms with van der Waals surface area (Å²) in [5.74, 6) is -0.750. The van der Waals surface area contributed by atoms with Gasteiger partial charge in [-0.25, -0.2) is 0 Å². The Bertz CT molecular complexity index is 423. The van der Waals surface area contributed by atoms with Crippen molar-refractivity contribution < 1.29 is 9.90 Å². The fraction of sp³-hybridized carbons (Fsp3) is 0.538. The third-order valence-electron chi connectivity index (χ3n) is 3.85. The molecule has 1 aliphatic carbocycles. The van der Waals surface area contributed by atoms with Gasteiger partial charge in [0.15, 0.2) is 0 Å². The first-order chi connectivity index (χ1) is 8.06. The molecule has 0 atom stereocenters. The number of pyridine rings is 1. The van der Waals surface area contributed by atoms with E-state index in [9.17, 15) is 9.90 Å². The summed E-state index contributed by atoms with van der Waals surface area (Å²) in [5, 5.41) is 9.58. The molecule has 4 heteroatoms. The Hall–Kier alpha value is -1.42. The van der Waals surface area contributed by atoms with Gasteiger partial charge >= 0.3 is 5.97 Å². The molecule has 0 saturated heterocycles. The van der Waals surface area contributed by atoms with Gasteiger partial charge in [0, 0.05) is 18.4 Å². The van der Waals surface area contributed by atoms with Crippen molar-refractivity contribution in [1.82, 2.24) is 4.98 Å². The van der Waals surface area contributed by atoms with Crippen molar-refractivity contribution in [3.63, 3.8) is 0 Å². The van der Waals surface area contributed by atoms with Crippen LogP contribution < -0.4 is 5.73 Å². The second kappa shape index (κ2) is 4.45. The van der Waals surface area contributed by atoms with Gasteiger partial charge in [0.1, 0.15) is 0 Å². The van der Waals surface area contributed by atoms with E-state index in [1.807, 2.05) is 13.0 Å². The van der Waals surface area contributed by atoms with Crippen molar-refractivity contribution in [1.29, 1.82) is 0 Å². The number of carboxylic acids is 1. The Labute approximate surface area is 101 Å². The van der Waals surface area contributed by atoms with Crippen LogP contribution in [0.3, 0.4) is 0 Å². The molecule has 1 aliphatic rings. The molecule has 0 radical (unpaired) electrons. The monoisotopic (exact) mass is 234 g/mol. The Balaban J connectivity index is 2.42. The minimum atomic E-state index is -0.784. The van der Waals surface area contributed by atoms with Crippen LogP contribution in [0.1, 0.15) is 36.8 Å². The van der Waals surface area contributed by atoms with Crippen LogP contribution in [0.25, 0.3) is 0 Å². The Kier molecular flexibility index (Phi) is 3.15. The molecule has 0 aliphatic heterocycles. The number of hydrogen-bond acceptors (Lipinski definition) is 3. The number of carbonyl (C=O) groups is 1. The van der Waals surface area contributed by atoms with Crippen LogP contribution in [-0.4, -0.2) is 22.1 Å². The van der Waals surface area contributed by atoms with Gasteiger partial charge < -0.3 is 10.8 Å². The van der Waals surface area contributed by atoms with Crippen LogP contribution in [0.4, 0.5) is 0 Å². The van der Waals surface area contributed by atoms with Gasteiger partial charge in [-0.3, -0.25) is 9.78 Å². The lowest BCUT2D eigenvalue weighted by Crippen LogP contribution is -2.43. The van der Waals surface area contributed by atoms with Crippen LogP contribution >= 0.6 is 0 Å². The second-order valence-corrected chi connectivity index (χ2v) is 4.92. The fourth-order valence-corrected chi connectivity index (χ4v) is 2.70. The van der Waals surface area contributed by atoms with Crippen molar-refractivity contribution in [2.75, 3.05) is 0 Å². The number of rotatable bonds is 2. The summed E-state index contributed by atoms with van der Waals surface area (Å²) in [6, 6.07) is 2.01. The average molecular weight is 234 g/mol. The molecule has 0 unspecified atom stereocenters. The molecule has 0 aromatic carbocycles. The first-order valence-electron chi connectivity index (χ1n) is 5.96. The summed E-state index contributed by atoms with van der Waals surface area (Å²) < 4.78 is 0. The number of nitrogens with zero attached hydrogens (tertiary/aromatic N) is 1. The van der Waals surface area contributed by atoms with Gasteiger partial charge in [0.25, 0.3) is 0 Å². The highest BCUT2D eigenvalue weighted by Gasteiger charge is 2.43. The summed E-state index contributed by atoms with van der Waals surface area (Å²) >= 11 is 0. The van der Waals surface area contributed by atoms with E-state index < -0.39 is 11.4 Å². The predicted molar refractivity (Wildman–Crippen MR) is 64.7 cm³/mol. The molecule has 4 nitrogen and oxygen atoms in total. The quantitative estimate of drug-likeness (QED) is 0.815. The van der Waals surface area contributed by atoms with E-state index in [1.165, 1.54) is 0 Å². The molecular formula is C13H18N2O2. The minimum Gasteiger partial charge on any atom is -0.481 e. The normalized spacial score (nSPS) is 28.9.